The lowest BCUT2D eigenvalue weighted by molar-refractivity contribution is 0.0161. The van der Waals surface area contributed by atoms with Crippen LogP contribution in [0.4, 0.5) is 4.79 Å². The summed E-state index contributed by atoms with van der Waals surface area (Å²) in [6.07, 6.45) is 2.79. The lowest BCUT2D eigenvalue weighted by Gasteiger charge is -2.31. The zero-order chi connectivity index (χ0) is 13.2. The van der Waals surface area contributed by atoms with E-state index < -0.39 is 5.60 Å². The summed E-state index contributed by atoms with van der Waals surface area (Å²) in [5.74, 6) is 0. The Morgan fingerprint density at radius 2 is 2.00 bits per heavy atom. The second-order valence-corrected chi connectivity index (χ2v) is 6.13. The Bertz CT molecular complexity index is 304. The van der Waals surface area contributed by atoms with Gasteiger partial charge in [-0.25, -0.2) is 4.79 Å². The molecule has 1 fully saturated rings. The van der Waals surface area contributed by atoms with Crippen molar-refractivity contribution in [2.45, 2.75) is 71.6 Å². The van der Waals surface area contributed by atoms with E-state index in [1.54, 1.807) is 0 Å². The smallest absolute Gasteiger partial charge is 0.410 e. The SMILES string of the molecule is C=C(C)CC1CCC(C)N1C(=O)OC(C)(C)C. The van der Waals surface area contributed by atoms with Crippen molar-refractivity contribution < 1.29 is 9.53 Å². The molecule has 1 saturated heterocycles. The first kappa shape index (κ1) is 14.1. The van der Waals surface area contributed by atoms with Gasteiger partial charge in [0.1, 0.15) is 5.60 Å². The molecule has 0 aromatic carbocycles. The fourth-order valence-corrected chi connectivity index (χ4v) is 2.32. The summed E-state index contributed by atoms with van der Waals surface area (Å²) in [7, 11) is 0. The molecule has 1 aliphatic heterocycles. The molecule has 17 heavy (non-hydrogen) atoms. The van der Waals surface area contributed by atoms with Gasteiger partial charge < -0.3 is 9.64 Å². The Hall–Kier alpha value is -0.990. The van der Waals surface area contributed by atoms with Gasteiger partial charge in [-0.3, -0.25) is 0 Å². The number of hydrogen-bond donors (Lipinski definition) is 0. The molecule has 1 heterocycles. The minimum atomic E-state index is -0.423. The monoisotopic (exact) mass is 239 g/mol. The summed E-state index contributed by atoms with van der Waals surface area (Å²) in [6.45, 7) is 13.7. The highest BCUT2D eigenvalue weighted by atomic mass is 16.6. The van der Waals surface area contributed by atoms with Crippen LogP contribution in [-0.4, -0.2) is 28.7 Å². The molecule has 0 aromatic heterocycles. The molecule has 1 rings (SSSR count). The van der Waals surface area contributed by atoms with Gasteiger partial charge in [0.05, 0.1) is 0 Å². The third-order valence-corrected chi connectivity index (χ3v) is 2.97. The fourth-order valence-electron chi connectivity index (χ4n) is 2.32. The number of nitrogens with zero attached hydrogens (tertiary/aromatic N) is 1. The summed E-state index contributed by atoms with van der Waals surface area (Å²) in [6, 6.07) is 0.534. The van der Waals surface area contributed by atoms with Crippen molar-refractivity contribution in [3.05, 3.63) is 12.2 Å². The molecule has 98 valence electrons. The van der Waals surface area contributed by atoms with Crippen LogP contribution < -0.4 is 0 Å². The number of ether oxygens (including phenoxy) is 1. The van der Waals surface area contributed by atoms with Crippen LogP contribution in [0.5, 0.6) is 0 Å². The fraction of sp³-hybridized carbons (Fsp3) is 0.786. The summed E-state index contributed by atoms with van der Waals surface area (Å²) in [4.78, 5) is 14.0. The van der Waals surface area contributed by atoms with Crippen LogP contribution in [0.1, 0.15) is 53.9 Å². The van der Waals surface area contributed by atoms with Crippen LogP contribution in [-0.2, 0) is 4.74 Å². The minimum Gasteiger partial charge on any atom is -0.444 e. The van der Waals surface area contributed by atoms with Crippen LogP contribution in [0, 0.1) is 0 Å². The Kier molecular flexibility index (Phi) is 4.23. The molecule has 3 heteroatoms. The second-order valence-electron chi connectivity index (χ2n) is 6.13. The molecular weight excluding hydrogens is 214 g/mol. The Balaban J connectivity index is 2.70. The third-order valence-electron chi connectivity index (χ3n) is 2.97. The number of carbonyl (C=O) groups is 1. The van der Waals surface area contributed by atoms with Gasteiger partial charge >= 0.3 is 6.09 Å². The lowest BCUT2D eigenvalue weighted by Crippen LogP contribution is -2.43. The van der Waals surface area contributed by atoms with Crippen molar-refractivity contribution in [3.8, 4) is 0 Å². The van der Waals surface area contributed by atoms with Gasteiger partial charge in [-0.15, -0.1) is 6.58 Å². The maximum absolute atomic E-state index is 12.1. The first-order chi connectivity index (χ1) is 7.70. The van der Waals surface area contributed by atoms with E-state index in [9.17, 15) is 4.79 Å². The van der Waals surface area contributed by atoms with Crippen molar-refractivity contribution in [2.75, 3.05) is 0 Å². The number of carbonyl (C=O) groups excluding carboxylic acids is 1. The van der Waals surface area contributed by atoms with Crippen LogP contribution in [0.15, 0.2) is 12.2 Å². The third kappa shape index (κ3) is 4.06. The topological polar surface area (TPSA) is 29.5 Å². The van der Waals surface area contributed by atoms with Gasteiger partial charge in [0, 0.05) is 12.1 Å². The average molecular weight is 239 g/mol. The number of rotatable bonds is 2. The van der Waals surface area contributed by atoms with Crippen molar-refractivity contribution in [1.29, 1.82) is 0 Å². The molecule has 0 spiro atoms. The first-order valence-corrected chi connectivity index (χ1v) is 6.36. The zero-order valence-corrected chi connectivity index (χ0v) is 11.7. The molecule has 3 nitrogen and oxygen atoms in total. The predicted octanol–water partition coefficient (Wildman–Crippen LogP) is 3.74. The van der Waals surface area contributed by atoms with Crippen molar-refractivity contribution in [1.82, 2.24) is 4.90 Å². The standard InChI is InChI=1S/C14H25NO2/c1-10(2)9-12-8-7-11(3)15(12)13(16)17-14(4,5)6/h11-12H,1,7-9H2,2-6H3. The molecule has 1 aliphatic rings. The zero-order valence-electron chi connectivity index (χ0n) is 11.7. The molecule has 0 aromatic rings. The van der Waals surface area contributed by atoms with E-state index in [1.165, 1.54) is 0 Å². The average Bonchev–Trinajstić information content (AvgIpc) is 2.42. The Morgan fingerprint density at radius 1 is 1.41 bits per heavy atom. The summed E-state index contributed by atoms with van der Waals surface area (Å²) in [5, 5.41) is 0. The van der Waals surface area contributed by atoms with E-state index in [0.717, 1.165) is 24.8 Å². The van der Waals surface area contributed by atoms with Crippen LogP contribution in [0.2, 0.25) is 0 Å². The van der Waals surface area contributed by atoms with E-state index in [2.05, 4.69) is 13.5 Å². The van der Waals surface area contributed by atoms with Crippen LogP contribution in [0.25, 0.3) is 0 Å². The van der Waals surface area contributed by atoms with E-state index in [0.29, 0.717) is 0 Å². The van der Waals surface area contributed by atoms with Crippen LogP contribution >= 0.6 is 0 Å². The van der Waals surface area contributed by atoms with Gasteiger partial charge in [0.15, 0.2) is 0 Å². The highest BCUT2D eigenvalue weighted by molar-refractivity contribution is 5.69. The summed E-state index contributed by atoms with van der Waals surface area (Å²) in [5.41, 5.74) is 0.699. The normalized spacial score (nSPS) is 24.9. The molecule has 0 aliphatic carbocycles. The number of likely N-dealkylation sites (tertiary alicyclic amines) is 1. The quantitative estimate of drug-likeness (QED) is 0.687. The highest BCUT2D eigenvalue weighted by Crippen LogP contribution is 2.29. The van der Waals surface area contributed by atoms with Crippen LogP contribution in [0.3, 0.4) is 0 Å². The summed E-state index contributed by atoms with van der Waals surface area (Å²) >= 11 is 0. The van der Waals surface area contributed by atoms with Crippen molar-refractivity contribution in [3.63, 3.8) is 0 Å². The summed E-state index contributed by atoms with van der Waals surface area (Å²) < 4.78 is 5.46. The first-order valence-electron chi connectivity index (χ1n) is 6.36. The number of hydrogen-bond acceptors (Lipinski definition) is 2. The molecule has 0 saturated carbocycles. The Labute approximate surface area is 105 Å². The number of amides is 1. The molecule has 2 unspecified atom stereocenters. The van der Waals surface area contributed by atoms with Gasteiger partial charge in [-0.1, -0.05) is 5.57 Å². The van der Waals surface area contributed by atoms with E-state index in [1.807, 2.05) is 32.6 Å². The highest BCUT2D eigenvalue weighted by Gasteiger charge is 2.36. The molecule has 1 amide bonds. The van der Waals surface area contributed by atoms with E-state index in [-0.39, 0.29) is 18.2 Å². The van der Waals surface area contributed by atoms with Crippen molar-refractivity contribution >= 4 is 6.09 Å². The molecule has 2 atom stereocenters. The van der Waals surface area contributed by atoms with Gasteiger partial charge in [-0.2, -0.15) is 0 Å². The lowest BCUT2D eigenvalue weighted by atomic mass is 10.1. The van der Waals surface area contributed by atoms with Gasteiger partial charge in [-0.05, 0) is 53.9 Å². The second kappa shape index (κ2) is 5.11. The largest absolute Gasteiger partial charge is 0.444 e. The van der Waals surface area contributed by atoms with Gasteiger partial charge in [0.2, 0.25) is 0 Å². The Morgan fingerprint density at radius 3 is 2.47 bits per heavy atom. The molecular formula is C14H25NO2. The molecule has 0 N–H and O–H groups in total. The maximum atomic E-state index is 12.1. The predicted molar refractivity (Wildman–Crippen MR) is 70.0 cm³/mol. The molecule has 0 radical (unpaired) electrons. The molecule has 0 bridgehead atoms. The van der Waals surface area contributed by atoms with E-state index in [4.69, 9.17) is 4.74 Å². The van der Waals surface area contributed by atoms with Gasteiger partial charge in [0.25, 0.3) is 0 Å². The minimum absolute atomic E-state index is 0.186. The van der Waals surface area contributed by atoms with Crippen molar-refractivity contribution in [2.24, 2.45) is 0 Å². The maximum Gasteiger partial charge on any atom is 0.410 e. The van der Waals surface area contributed by atoms with E-state index >= 15 is 0 Å².